The van der Waals surface area contributed by atoms with Gasteiger partial charge in [0.2, 0.25) is 0 Å². The molecule has 0 atom stereocenters. The van der Waals surface area contributed by atoms with Crippen LogP contribution in [0.2, 0.25) is 10.0 Å². The van der Waals surface area contributed by atoms with E-state index in [1.165, 1.54) is 12.3 Å². The van der Waals surface area contributed by atoms with Gasteiger partial charge < -0.3 is 15.7 Å². The molecule has 0 unspecified atom stereocenters. The third-order valence-electron chi connectivity index (χ3n) is 2.77. The molecule has 0 aliphatic heterocycles. The lowest BCUT2D eigenvalue weighted by molar-refractivity contribution is -0.112. The van der Waals surface area contributed by atoms with E-state index in [9.17, 15) is 4.79 Å². The molecule has 0 aromatic heterocycles. The summed E-state index contributed by atoms with van der Waals surface area (Å²) in [4.78, 5) is 12.0. The Hall–Kier alpha value is -1.74. The molecule has 22 heavy (non-hydrogen) atoms. The predicted molar refractivity (Wildman–Crippen MR) is 87.7 cm³/mol. The lowest BCUT2D eigenvalue weighted by Gasteiger charge is -2.06. The molecule has 3 N–H and O–H groups in total. The van der Waals surface area contributed by atoms with Crippen LogP contribution in [0.15, 0.2) is 30.0 Å². The second kappa shape index (κ2) is 10.1. The number of nitrogens with one attached hydrogen (secondary N) is 2. The zero-order valence-electron chi connectivity index (χ0n) is 11.9. The molecule has 0 saturated heterocycles. The van der Waals surface area contributed by atoms with Crippen LogP contribution in [-0.4, -0.2) is 24.2 Å². The molecular weight excluding hydrogens is 325 g/mol. The Morgan fingerprint density at radius 3 is 2.68 bits per heavy atom. The number of nitrogens with zero attached hydrogens (tertiary/aromatic N) is 1. The molecule has 1 amide bonds. The maximum Gasteiger partial charge on any atom is 0.267 e. The van der Waals surface area contributed by atoms with Crippen LogP contribution >= 0.6 is 23.2 Å². The van der Waals surface area contributed by atoms with Crippen LogP contribution < -0.4 is 10.6 Å². The van der Waals surface area contributed by atoms with Crippen LogP contribution in [0.25, 0.3) is 0 Å². The van der Waals surface area contributed by atoms with Crippen LogP contribution in [0.4, 0.5) is 5.69 Å². The smallest absolute Gasteiger partial charge is 0.267 e. The number of rotatable bonds is 8. The summed E-state index contributed by atoms with van der Waals surface area (Å²) >= 11 is 11.7. The van der Waals surface area contributed by atoms with Gasteiger partial charge in [0.05, 0.1) is 10.0 Å². The molecule has 0 fully saturated rings. The first-order valence-corrected chi connectivity index (χ1v) is 7.55. The number of aliphatic hydroxyl groups excluding tert-OH is 1. The van der Waals surface area contributed by atoms with Crippen molar-refractivity contribution in [1.29, 1.82) is 5.26 Å². The van der Waals surface area contributed by atoms with E-state index in [4.69, 9.17) is 33.6 Å². The van der Waals surface area contributed by atoms with Crippen molar-refractivity contribution in [2.75, 3.05) is 18.5 Å². The molecule has 0 aliphatic carbocycles. The largest absolute Gasteiger partial charge is 0.396 e. The highest BCUT2D eigenvalue weighted by molar-refractivity contribution is 6.42. The summed E-state index contributed by atoms with van der Waals surface area (Å²) in [6.45, 7) is 0.802. The molecule has 5 nitrogen and oxygen atoms in total. The topological polar surface area (TPSA) is 85.2 Å². The molecule has 1 rings (SSSR count). The fraction of sp³-hybridized carbons (Fsp3) is 0.333. The summed E-state index contributed by atoms with van der Waals surface area (Å²) in [5.74, 6) is -0.524. The summed E-state index contributed by atoms with van der Waals surface area (Å²) in [5, 5.41) is 23.9. The summed E-state index contributed by atoms with van der Waals surface area (Å²) in [6, 6.07) is 6.52. The Balaban J connectivity index is 2.53. The van der Waals surface area contributed by atoms with Crippen LogP contribution in [0.1, 0.15) is 19.3 Å². The monoisotopic (exact) mass is 341 g/mol. The Morgan fingerprint density at radius 2 is 2.05 bits per heavy atom. The minimum Gasteiger partial charge on any atom is -0.396 e. The summed E-state index contributed by atoms with van der Waals surface area (Å²) in [6.07, 6.45) is 3.86. The van der Waals surface area contributed by atoms with Crippen LogP contribution in [0, 0.1) is 11.3 Å². The van der Waals surface area contributed by atoms with Crippen molar-refractivity contribution in [1.82, 2.24) is 5.32 Å². The molecule has 118 valence electrons. The van der Waals surface area contributed by atoms with Gasteiger partial charge in [0.1, 0.15) is 11.6 Å². The van der Waals surface area contributed by atoms with Crippen molar-refractivity contribution in [2.45, 2.75) is 19.3 Å². The summed E-state index contributed by atoms with van der Waals surface area (Å²) in [5.41, 5.74) is 0.428. The highest BCUT2D eigenvalue weighted by Gasteiger charge is 2.10. The van der Waals surface area contributed by atoms with Gasteiger partial charge in [-0.1, -0.05) is 23.2 Å². The Bertz CT molecular complexity index is 583. The minimum atomic E-state index is -0.524. The number of unbranched alkanes of at least 4 members (excludes halogenated alkanes) is 2. The fourth-order valence-corrected chi connectivity index (χ4v) is 1.91. The highest BCUT2D eigenvalue weighted by Crippen LogP contribution is 2.25. The van der Waals surface area contributed by atoms with Crippen molar-refractivity contribution >= 4 is 34.8 Å². The highest BCUT2D eigenvalue weighted by atomic mass is 35.5. The van der Waals surface area contributed by atoms with Crippen molar-refractivity contribution < 1.29 is 9.90 Å². The average Bonchev–Trinajstić information content (AvgIpc) is 2.50. The van der Waals surface area contributed by atoms with Gasteiger partial charge in [-0.2, -0.15) is 5.26 Å². The number of benzene rings is 1. The van der Waals surface area contributed by atoms with Crippen molar-refractivity contribution in [3.63, 3.8) is 0 Å². The Labute approximate surface area is 139 Å². The normalized spacial score (nSPS) is 10.9. The number of carbonyl (C=O) groups excluding carboxylic acids is 1. The molecule has 0 radical (unpaired) electrons. The zero-order valence-corrected chi connectivity index (χ0v) is 13.4. The Kier molecular flexibility index (Phi) is 8.38. The quantitative estimate of drug-likeness (QED) is 0.385. The molecule has 0 spiro atoms. The standard InChI is InChI=1S/C15H17Cl2N3O2/c16-13-5-4-12(8-14(13)17)20-15(22)11(9-18)10-19-6-2-1-3-7-21/h4-5,8,10,19,21H,1-3,6-7H2,(H,20,22)/b11-10-. The van der Waals surface area contributed by atoms with Gasteiger partial charge in [0.15, 0.2) is 0 Å². The van der Waals surface area contributed by atoms with Gasteiger partial charge in [-0.05, 0) is 37.5 Å². The molecule has 7 heteroatoms. The predicted octanol–water partition coefficient (Wildman–Crippen LogP) is 3.09. The van der Waals surface area contributed by atoms with E-state index in [1.54, 1.807) is 12.1 Å². The first kappa shape index (κ1) is 18.3. The third kappa shape index (κ3) is 6.35. The third-order valence-corrected chi connectivity index (χ3v) is 3.51. The van der Waals surface area contributed by atoms with E-state index >= 15 is 0 Å². The van der Waals surface area contributed by atoms with E-state index in [-0.39, 0.29) is 12.2 Å². The van der Waals surface area contributed by atoms with E-state index in [2.05, 4.69) is 10.6 Å². The molecule has 0 saturated carbocycles. The molecule has 0 aliphatic rings. The average molecular weight is 342 g/mol. The zero-order chi connectivity index (χ0) is 16.4. The van der Waals surface area contributed by atoms with E-state index < -0.39 is 5.91 Å². The minimum absolute atomic E-state index is 0.0340. The van der Waals surface area contributed by atoms with Crippen molar-refractivity contribution in [3.05, 3.63) is 40.0 Å². The number of nitriles is 1. The Morgan fingerprint density at radius 1 is 1.27 bits per heavy atom. The van der Waals surface area contributed by atoms with E-state index in [0.717, 1.165) is 19.3 Å². The van der Waals surface area contributed by atoms with Gasteiger partial charge >= 0.3 is 0 Å². The number of hydrogen-bond acceptors (Lipinski definition) is 4. The van der Waals surface area contributed by atoms with Crippen LogP contribution in [0.5, 0.6) is 0 Å². The lowest BCUT2D eigenvalue weighted by atomic mass is 10.2. The SMILES string of the molecule is N#C/C(=C/NCCCCCO)C(=O)Nc1ccc(Cl)c(Cl)c1. The number of aliphatic hydroxyl groups is 1. The summed E-state index contributed by atoms with van der Waals surface area (Å²) < 4.78 is 0. The van der Waals surface area contributed by atoms with Gasteiger partial charge in [-0.15, -0.1) is 0 Å². The number of anilines is 1. The number of amides is 1. The first-order valence-electron chi connectivity index (χ1n) is 6.79. The van der Waals surface area contributed by atoms with Gasteiger partial charge in [-0.25, -0.2) is 0 Å². The first-order chi connectivity index (χ1) is 10.6. The van der Waals surface area contributed by atoms with Crippen LogP contribution in [-0.2, 0) is 4.79 Å². The maximum atomic E-state index is 12.0. The number of hydrogen-bond donors (Lipinski definition) is 3. The summed E-state index contributed by atoms with van der Waals surface area (Å²) in [7, 11) is 0. The lowest BCUT2D eigenvalue weighted by Crippen LogP contribution is -2.17. The van der Waals surface area contributed by atoms with Crippen molar-refractivity contribution in [2.24, 2.45) is 0 Å². The molecular formula is C15H17Cl2N3O2. The van der Waals surface area contributed by atoms with Gasteiger partial charge in [0, 0.05) is 25.0 Å². The molecule has 1 aromatic rings. The van der Waals surface area contributed by atoms with Crippen molar-refractivity contribution in [3.8, 4) is 6.07 Å². The van der Waals surface area contributed by atoms with Gasteiger partial charge in [0.25, 0.3) is 5.91 Å². The second-order valence-electron chi connectivity index (χ2n) is 4.49. The van der Waals surface area contributed by atoms with Crippen LogP contribution in [0.3, 0.4) is 0 Å². The van der Waals surface area contributed by atoms with Gasteiger partial charge in [-0.3, -0.25) is 4.79 Å². The molecule has 1 aromatic carbocycles. The maximum absolute atomic E-state index is 12.0. The second-order valence-corrected chi connectivity index (χ2v) is 5.31. The number of halogens is 2. The van der Waals surface area contributed by atoms with E-state index in [1.807, 2.05) is 6.07 Å². The fourth-order valence-electron chi connectivity index (χ4n) is 1.61. The number of carbonyl (C=O) groups is 1. The molecule has 0 bridgehead atoms. The van der Waals surface area contributed by atoms with E-state index in [0.29, 0.717) is 22.3 Å². The molecule has 0 heterocycles.